The molecule has 0 N–H and O–H groups in total. The van der Waals surface area contributed by atoms with Gasteiger partial charge >= 0.3 is 0 Å². The lowest BCUT2D eigenvalue weighted by Gasteiger charge is -2.35. The second-order valence-electron chi connectivity index (χ2n) is 6.26. The van der Waals surface area contributed by atoms with Crippen LogP contribution in [0, 0.1) is 0 Å². The highest BCUT2D eigenvalue weighted by molar-refractivity contribution is 5.95. The SMILES string of the molecule is CCCCN(C)c1cncc(C(=O)N2CCCCC2CC)c1. The lowest BCUT2D eigenvalue weighted by Crippen LogP contribution is -2.43. The first-order valence-electron chi connectivity index (χ1n) is 8.64. The highest BCUT2D eigenvalue weighted by atomic mass is 16.2. The van der Waals surface area contributed by atoms with Gasteiger partial charge in [-0.15, -0.1) is 0 Å². The van der Waals surface area contributed by atoms with Crippen molar-refractivity contribution < 1.29 is 4.79 Å². The van der Waals surface area contributed by atoms with Gasteiger partial charge in [0.2, 0.25) is 0 Å². The van der Waals surface area contributed by atoms with Crippen LogP contribution >= 0.6 is 0 Å². The second kappa shape index (κ2) is 8.16. The lowest BCUT2D eigenvalue weighted by molar-refractivity contribution is 0.0607. The molecule has 0 aromatic carbocycles. The molecule has 122 valence electrons. The van der Waals surface area contributed by atoms with Gasteiger partial charge in [0, 0.05) is 32.4 Å². The van der Waals surface area contributed by atoms with Crippen LogP contribution in [0.25, 0.3) is 0 Å². The van der Waals surface area contributed by atoms with E-state index in [-0.39, 0.29) is 5.91 Å². The topological polar surface area (TPSA) is 36.4 Å². The molecule has 0 saturated carbocycles. The predicted octanol–water partition coefficient (Wildman–Crippen LogP) is 3.72. The summed E-state index contributed by atoms with van der Waals surface area (Å²) in [6.45, 7) is 6.24. The molecule has 1 unspecified atom stereocenters. The number of pyridine rings is 1. The zero-order valence-corrected chi connectivity index (χ0v) is 14.2. The van der Waals surface area contributed by atoms with E-state index < -0.39 is 0 Å². The van der Waals surface area contributed by atoms with E-state index >= 15 is 0 Å². The highest BCUT2D eigenvalue weighted by Crippen LogP contribution is 2.23. The molecule has 22 heavy (non-hydrogen) atoms. The predicted molar refractivity (Wildman–Crippen MR) is 91.4 cm³/mol. The first kappa shape index (κ1) is 16.8. The Morgan fingerprint density at radius 2 is 2.18 bits per heavy atom. The highest BCUT2D eigenvalue weighted by Gasteiger charge is 2.26. The summed E-state index contributed by atoms with van der Waals surface area (Å²) in [5.41, 5.74) is 1.76. The smallest absolute Gasteiger partial charge is 0.255 e. The van der Waals surface area contributed by atoms with Gasteiger partial charge in [-0.3, -0.25) is 9.78 Å². The van der Waals surface area contributed by atoms with Crippen molar-refractivity contribution in [1.82, 2.24) is 9.88 Å². The number of carbonyl (C=O) groups excluding carboxylic acids is 1. The van der Waals surface area contributed by atoms with Crippen LogP contribution in [0.5, 0.6) is 0 Å². The van der Waals surface area contributed by atoms with E-state index in [1.807, 2.05) is 12.3 Å². The number of carbonyl (C=O) groups is 1. The minimum absolute atomic E-state index is 0.143. The van der Waals surface area contributed by atoms with Crippen LogP contribution in [0.3, 0.4) is 0 Å². The molecule has 0 aliphatic carbocycles. The molecule has 0 bridgehead atoms. The van der Waals surface area contributed by atoms with Crippen molar-refractivity contribution in [2.75, 3.05) is 25.0 Å². The Hall–Kier alpha value is -1.58. The standard InChI is InChI=1S/C18H29N3O/c1-4-6-10-20(3)17-12-15(13-19-14-17)18(22)21-11-8-7-9-16(21)5-2/h12-14,16H,4-11H2,1-3H3. The van der Waals surface area contributed by atoms with Crippen LogP contribution in [0.1, 0.15) is 62.7 Å². The molecule has 2 heterocycles. The summed E-state index contributed by atoms with van der Waals surface area (Å²) >= 11 is 0. The number of rotatable bonds is 6. The van der Waals surface area contributed by atoms with E-state index in [2.05, 4.69) is 35.7 Å². The minimum atomic E-state index is 0.143. The minimum Gasteiger partial charge on any atom is -0.373 e. The van der Waals surface area contributed by atoms with Crippen LogP contribution in [-0.4, -0.2) is 42.0 Å². The van der Waals surface area contributed by atoms with E-state index in [0.29, 0.717) is 6.04 Å². The molecule has 2 rings (SSSR count). The number of aromatic nitrogens is 1. The summed E-state index contributed by atoms with van der Waals surface area (Å²) in [7, 11) is 2.07. The average Bonchev–Trinajstić information content (AvgIpc) is 2.59. The molecule has 0 radical (unpaired) electrons. The van der Waals surface area contributed by atoms with Crippen LogP contribution in [-0.2, 0) is 0 Å². The Bertz CT molecular complexity index is 489. The van der Waals surface area contributed by atoms with Gasteiger partial charge in [-0.1, -0.05) is 20.3 Å². The molecule has 1 aromatic heterocycles. The molecule has 1 amide bonds. The van der Waals surface area contributed by atoms with Crippen LogP contribution in [0.15, 0.2) is 18.5 Å². The number of hydrogen-bond donors (Lipinski definition) is 0. The zero-order valence-electron chi connectivity index (χ0n) is 14.2. The Morgan fingerprint density at radius 3 is 2.91 bits per heavy atom. The molecule has 1 fully saturated rings. The van der Waals surface area contributed by atoms with Gasteiger partial charge in [0.15, 0.2) is 0 Å². The first-order chi connectivity index (χ1) is 10.7. The molecule has 4 heteroatoms. The Balaban J connectivity index is 2.12. The molecule has 1 aliphatic heterocycles. The summed E-state index contributed by atoms with van der Waals surface area (Å²) in [5.74, 6) is 0.143. The van der Waals surface area contributed by atoms with Crippen molar-refractivity contribution >= 4 is 11.6 Å². The average molecular weight is 303 g/mol. The Morgan fingerprint density at radius 1 is 1.36 bits per heavy atom. The summed E-state index contributed by atoms with van der Waals surface area (Å²) in [5, 5.41) is 0. The lowest BCUT2D eigenvalue weighted by atomic mass is 9.99. The van der Waals surface area contributed by atoms with Gasteiger partial charge in [0.05, 0.1) is 17.4 Å². The van der Waals surface area contributed by atoms with Gasteiger partial charge in [0.25, 0.3) is 5.91 Å². The molecule has 1 atom stereocenters. The number of piperidine rings is 1. The third-order valence-corrected chi connectivity index (χ3v) is 4.62. The monoisotopic (exact) mass is 303 g/mol. The van der Waals surface area contributed by atoms with E-state index in [0.717, 1.165) is 50.0 Å². The number of unbranched alkanes of at least 4 members (excludes halogenated alkanes) is 1. The van der Waals surface area contributed by atoms with Crippen molar-refractivity contribution in [2.24, 2.45) is 0 Å². The number of amides is 1. The first-order valence-corrected chi connectivity index (χ1v) is 8.64. The molecular weight excluding hydrogens is 274 g/mol. The maximum Gasteiger partial charge on any atom is 0.255 e. The quantitative estimate of drug-likeness (QED) is 0.803. The van der Waals surface area contributed by atoms with E-state index in [4.69, 9.17) is 0 Å². The van der Waals surface area contributed by atoms with Crippen LogP contribution < -0.4 is 4.90 Å². The number of nitrogens with zero attached hydrogens (tertiary/aromatic N) is 3. The third-order valence-electron chi connectivity index (χ3n) is 4.62. The summed E-state index contributed by atoms with van der Waals surface area (Å²) in [6.07, 6.45) is 10.4. The molecule has 1 aromatic rings. The van der Waals surface area contributed by atoms with E-state index in [1.54, 1.807) is 6.20 Å². The third kappa shape index (κ3) is 3.99. The fraction of sp³-hybridized carbons (Fsp3) is 0.667. The molecule has 1 aliphatic rings. The van der Waals surface area contributed by atoms with Crippen LogP contribution in [0.4, 0.5) is 5.69 Å². The number of likely N-dealkylation sites (tertiary alicyclic amines) is 1. The van der Waals surface area contributed by atoms with Gasteiger partial charge in [-0.2, -0.15) is 0 Å². The fourth-order valence-electron chi connectivity index (χ4n) is 3.14. The molecule has 1 saturated heterocycles. The van der Waals surface area contributed by atoms with Crippen molar-refractivity contribution in [2.45, 2.75) is 58.4 Å². The van der Waals surface area contributed by atoms with Gasteiger partial charge < -0.3 is 9.80 Å². The van der Waals surface area contributed by atoms with Gasteiger partial charge in [-0.05, 0) is 38.2 Å². The maximum atomic E-state index is 12.8. The summed E-state index contributed by atoms with van der Waals surface area (Å²) in [6, 6.07) is 2.38. The van der Waals surface area contributed by atoms with Crippen molar-refractivity contribution in [3.63, 3.8) is 0 Å². The van der Waals surface area contributed by atoms with Gasteiger partial charge in [-0.25, -0.2) is 0 Å². The van der Waals surface area contributed by atoms with Crippen molar-refractivity contribution in [3.05, 3.63) is 24.0 Å². The largest absolute Gasteiger partial charge is 0.373 e. The normalized spacial score (nSPS) is 18.3. The number of hydrogen-bond acceptors (Lipinski definition) is 3. The molecule has 0 spiro atoms. The Labute approximate surface area is 134 Å². The van der Waals surface area contributed by atoms with Crippen molar-refractivity contribution in [3.8, 4) is 0 Å². The van der Waals surface area contributed by atoms with Gasteiger partial charge in [0.1, 0.15) is 0 Å². The molecular formula is C18H29N3O. The number of anilines is 1. The summed E-state index contributed by atoms with van der Waals surface area (Å²) in [4.78, 5) is 21.3. The molecule has 4 nitrogen and oxygen atoms in total. The summed E-state index contributed by atoms with van der Waals surface area (Å²) < 4.78 is 0. The van der Waals surface area contributed by atoms with Crippen LogP contribution in [0.2, 0.25) is 0 Å². The second-order valence-corrected chi connectivity index (χ2v) is 6.26. The zero-order chi connectivity index (χ0) is 15.9. The fourth-order valence-corrected chi connectivity index (χ4v) is 3.14. The van der Waals surface area contributed by atoms with E-state index in [9.17, 15) is 4.79 Å². The Kier molecular flexibility index (Phi) is 6.22. The maximum absolute atomic E-state index is 12.8. The van der Waals surface area contributed by atoms with E-state index in [1.165, 1.54) is 12.8 Å². The van der Waals surface area contributed by atoms with Crippen molar-refractivity contribution in [1.29, 1.82) is 0 Å².